The Labute approximate surface area is 138 Å². The van der Waals surface area contributed by atoms with Crippen LogP contribution in [0.5, 0.6) is 0 Å². The highest BCUT2D eigenvalue weighted by Gasteiger charge is 2.49. The molecule has 2 unspecified atom stereocenters. The quantitative estimate of drug-likeness (QED) is 0.231. The van der Waals surface area contributed by atoms with Crippen LogP contribution in [0.4, 0.5) is 0 Å². The molecule has 0 spiro atoms. The van der Waals surface area contributed by atoms with E-state index in [0.717, 1.165) is 11.8 Å². The summed E-state index contributed by atoms with van der Waals surface area (Å²) in [6.45, 7) is -0.0492. The molecule has 0 aliphatic heterocycles. The molecule has 0 saturated carbocycles. The van der Waals surface area contributed by atoms with Crippen molar-refractivity contribution in [3.05, 3.63) is 35.4 Å². The largest absolute Gasteiger partial charge is 0.370 e. The molecule has 0 saturated heterocycles. The third-order valence-electron chi connectivity index (χ3n) is 3.35. The summed E-state index contributed by atoms with van der Waals surface area (Å²) in [7, 11) is -9.07. The minimum atomic E-state index is -5.18. The summed E-state index contributed by atoms with van der Waals surface area (Å²) in [5.74, 6) is -0.455. The number of aldehydes is 1. The van der Waals surface area contributed by atoms with E-state index in [-0.39, 0.29) is 19.4 Å². The Hall–Kier alpha value is -1.34. The van der Waals surface area contributed by atoms with Crippen LogP contribution in [-0.2, 0) is 20.3 Å². The molecule has 0 bridgehead atoms. The van der Waals surface area contributed by atoms with Gasteiger partial charge < -0.3 is 29.9 Å². The molecule has 0 fully saturated rings. The number of benzene rings is 1. The van der Waals surface area contributed by atoms with Crippen LogP contribution >= 0.6 is 15.6 Å². The average molecular weight is 381 g/mol. The number of carbonyl (C=O) groups is 2. The van der Waals surface area contributed by atoms with Gasteiger partial charge in [0, 0.05) is 18.5 Å². The van der Waals surface area contributed by atoms with Crippen molar-refractivity contribution in [1.82, 2.24) is 5.32 Å². The van der Waals surface area contributed by atoms with Crippen molar-refractivity contribution in [3.63, 3.8) is 0 Å². The SMILES string of the molecule is O=[14CH]Cc1ccc(C(=O)NCCCC(O)([PH](=O)O)P(=O)(O)O)cc1. The van der Waals surface area contributed by atoms with Gasteiger partial charge in [-0.25, -0.2) is 0 Å². The Morgan fingerprint density at radius 2 is 1.88 bits per heavy atom. The van der Waals surface area contributed by atoms with E-state index in [1.807, 2.05) is 0 Å². The fourth-order valence-corrected chi connectivity index (χ4v) is 3.74. The first-order valence-electron chi connectivity index (χ1n) is 6.94. The van der Waals surface area contributed by atoms with Gasteiger partial charge in [0.25, 0.3) is 5.91 Å². The lowest BCUT2D eigenvalue weighted by Crippen LogP contribution is -2.28. The Morgan fingerprint density at radius 1 is 1.29 bits per heavy atom. The van der Waals surface area contributed by atoms with Crippen LogP contribution < -0.4 is 5.32 Å². The zero-order valence-electron chi connectivity index (χ0n) is 12.6. The highest BCUT2D eigenvalue weighted by atomic mass is 31.2. The lowest BCUT2D eigenvalue weighted by atomic mass is 10.1. The maximum atomic E-state index is 11.9. The summed E-state index contributed by atoms with van der Waals surface area (Å²) in [6, 6.07) is 6.28. The third kappa shape index (κ3) is 5.34. The van der Waals surface area contributed by atoms with E-state index in [1.54, 1.807) is 12.1 Å². The zero-order valence-corrected chi connectivity index (χ0v) is 14.5. The first kappa shape index (κ1) is 20.7. The minimum Gasteiger partial charge on any atom is -0.370 e. The predicted octanol–water partition coefficient (Wildman–Crippen LogP) is 0.229. The Kier molecular flexibility index (Phi) is 7.48. The molecule has 5 N–H and O–H groups in total. The van der Waals surface area contributed by atoms with Gasteiger partial charge in [0.2, 0.25) is 13.1 Å². The Bertz CT molecular complexity index is 656. The standard InChI is InChI=1S/C13H19NO8P2/c15-9-6-10-2-4-11(5-3-10)12(16)14-8-1-7-13(17,23(18)19)24(20,21)22/h2-5,9,17,23H,1,6-8H2,(H,14,16)(H,18,19)(H2,20,21,22)/i9+2. The van der Waals surface area contributed by atoms with E-state index in [1.165, 1.54) is 12.1 Å². The van der Waals surface area contributed by atoms with Gasteiger partial charge in [-0.2, -0.15) is 0 Å². The van der Waals surface area contributed by atoms with Crippen LogP contribution in [0.3, 0.4) is 0 Å². The van der Waals surface area contributed by atoms with E-state index < -0.39 is 33.0 Å². The Balaban J connectivity index is 2.55. The molecular formula is C13H19NO8P2. The topological polar surface area (TPSA) is 161 Å². The molecule has 0 heterocycles. The number of carbonyl (C=O) groups excluding carboxylic acids is 2. The predicted molar refractivity (Wildman–Crippen MR) is 86.0 cm³/mol. The van der Waals surface area contributed by atoms with Crippen molar-refractivity contribution in [3.8, 4) is 0 Å². The third-order valence-corrected chi connectivity index (χ3v) is 6.92. The Morgan fingerprint density at radius 3 is 2.33 bits per heavy atom. The highest BCUT2D eigenvalue weighted by molar-refractivity contribution is 7.66. The second-order valence-corrected chi connectivity index (χ2v) is 8.78. The number of aliphatic hydroxyl groups is 1. The number of amides is 1. The normalized spacial score (nSPS) is 15.3. The molecule has 1 amide bonds. The summed E-state index contributed by atoms with van der Waals surface area (Å²) < 4.78 is 22.2. The highest BCUT2D eigenvalue weighted by Crippen LogP contribution is 2.61. The van der Waals surface area contributed by atoms with Crippen LogP contribution in [0.25, 0.3) is 0 Å². The molecule has 0 aliphatic rings. The number of hydrogen-bond donors (Lipinski definition) is 5. The molecule has 0 aromatic heterocycles. The van der Waals surface area contributed by atoms with E-state index >= 15 is 0 Å². The molecule has 2 atom stereocenters. The van der Waals surface area contributed by atoms with Gasteiger partial charge in [0.05, 0.1) is 0 Å². The smallest absolute Gasteiger partial charge is 0.366 e. The van der Waals surface area contributed by atoms with Crippen LogP contribution in [0.15, 0.2) is 24.3 Å². The van der Waals surface area contributed by atoms with Crippen molar-refractivity contribution in [2.24, 2.45) is 0 Å². The maximum absolute atomic E-state index is 11.9. The van der Waals surface area contributed by atoms with Crippen molar-refractivity contribution >= 4 is 27.8 Å². The zero-order chi connectivity index (χ0) is 18.4. The van der Waals surface area contributed by atoms with Gasteiger partial charge in [-0.05, 0) is 30.5 Å². The molecule has 1 aromatic carbocycles. The molecule has 1 aromatic rings. The van der Waals surface area contributed by atoms with E-state index in [0.29, 0.717) is 5.56 Å². The van der Waals surface area contributed by atoms with Gasteiger partial charge in [-0.15, -0.1) is 0 Å². The van der Waals surface area contributed by atoms with Crippen LogP contribution in [-0.4, -0.2) is 43.6 Å². The van der Waals surface area contributed by atoms with Gasteiger partial charge in [0.15, 0.2) is 0 Å². The van der Waals surface area contributed by atoms with Crippen LogP contribution in [0.2, 0.25) is 0 Å². The monoisotopic (exact) mass is 381 g/mol. The molecule has 11 heteroatoms. The van der Waals surface area contributed by atoms with E-state index in [2.05, 4.69) is 5.32 Å². The first-order valence-corrected chi connectivity index (χ1v) is 9.91. The van der Waals surface area contributed by atoms with Gasteiger partial charge in [0.1, 0.15) is 6.29 Å². The maximum Gasteiger partial charge on any atom is 0.366 e. The van der Waals surface area contributed by atoms with E-state index in [4.69, 9.17) is 14.7 Å². The van der Waals surface area contributed by atoms with Crippen molar-refractivity contribution in [1.29, 1.82) is 0 Å². The first-order chi connectivity index (χ1) is 11.1. The second kappa shape index (κ2) is 8.67. The summed E-state index contributed by atoms with van der Waals surface area (Å²) >= 11 is 0. The van der Waals surface area contributed by atoms with Crippen molar-refractivity contribution in [2.45, 2.75) is 24.3 Å². The molecular weight excluding hydrogens is 362 g/mol. The van der Waals surface area contributed by atoms with E-state index in [9.17, 15) is 23.8 Å². The fourth-order valence-electron chi connectivity index (χ4n) is 1.90. The number of hydrogen-bond acceptors (Lipinski definition) is 5. The van der Waals surface area contributed by atoms with Crippen molar-refractivity contribution < 1.29 is 38.5 Å². The lowest BCUT2D eigenvalue weighted by molar-refractivity contribution is -0.107. The molecule has 0 radical (unpaired) electrons. The van der Waals surface area contributed by atoms with Gasteiger partial charge in [-0.3, -0.25) is 13.9 Å². The average Bonchev–Trinajstić information content (AvgIpc) is 2.50. The summed E-state index contributed by atoms with van der Waals surface area (Å²) in [5.41, 5.74) is 1.08. The minimum absolute atomic E-state index is 0.0492. The van der Waals surface area contributed by atoms with Crippen LogP contribution in [0, 0.1) is 0 Å². The molecule has 9 nitrogen and oxygen atoms in total. The number of rotatable bonds is 9. The van der Waals surface area contributed by atoms with Crippen molar-refractivity contribution in [2.75, 3.05) is 6.54 Å². The second-order valence-electron chi connectivity index (χ2n) is 5.09. The molecule has 134 valence electrons. The summed E-state index contributed by atoms with van der Waals surface area (Å²) in [5, 5.41) is 9.15. The summed E-state index contributed by atoms with van der Waals surface area (Å²) in [6.07, 6.45) is 0.241. The van der Waals surface area contributed by atoms with Gasteiger partial charge >= 0.3 is 7.60 Å². The van der Waals surface area contributed by atoms with Gasteiger partial charge in [-0.1, -0.05) is 12.1 Å². The number of nitrogens with one attached hydrogen (secondary N) is 1. The molecule has 24 heavy (non-hydrogen) atoms. The fraction of sp³-hybridized carbons (Fsp3) is 0.385. The van der Waals surface area contributed by atoms with Crippen LogP contribution in [0.1, 0.15) is 28.8 Å². The molecule has 1 rings (SSSR count). The molecule has 0 aliphatic carbocycles. The summed E-state index contributed by atoms with van der Waals surface area (Å²) in [4.78, 5) is 49.2. The lowest BCUT2D eigenvalue weighted by Gasteiger charge is -2.25.